The summed E-state index contributed by atoms with van der Waals surface area (Å²) >= 11 is 0. The summed E-state index contributed by atoms with van der Waals surface area (Å²) in [5, 5.41) is 0. The Morgan fingerprint density at radius 1 is 0.636 bits per heavy atom. The van der Waals surface area contributed by atoms with Crippen molar-refractivity contribution in [2.24, 2.45) is 0 Å². The Balaban J connectivity index is -0.00000180. The number of hydrogen-bond donors (Lipinski definition) is 0. The van der Waals surface area contributed by atoms with Crippen molar-refractivity contribution in [2.45, 2.75) is 79.8 Å². The number of rotatable bonds is 9. The molecular formula is C14H42O4Si4. The SMILES string of the molecule is C.C.COCC[Si](C)(O[Si](C)(C)C)O[Si](C)(C)O[Si](C)(C)C. The van der Waals surface area contributed by atoms with Crippen molar-refractivity contribution in [1.29, 1.82) is 0 Å². The fourth-order valence-corrected chi connectivity index (χ4v) is 20.1. The van der Waals surface area contributed by atoms with Crippen molar-refractivity contribution in [1.82, 2.24) is 0 Å². The van der Waals surface area contributed by atoms with Crippen LogP contribution in [0.5, 0.6) is 0 Å². The van der Waals surface area contributed by atoms with E-state index in [1.54, 1.807) is 7.11 Å². The van der Waals surface area contributed by atoms with Crippen LogP contribution in [0, 0.1) is 0 Å². The minimum Gasteiger partial charge on any atom is -0.437 e. The molecule has 0 saturated carbocycles. The van der Waals surface area contributed by atoms with Crippen LogP contribution >= 0.6 is 0 Å². The lowest BCUT2D eigenvalue weighted by Gasteiger charge is -2.41. The van der Waals surface area contributed by atoms with Crippen LogP contribution in [-0.4, -0.2) is 47.5 Å². The van der Waals surface area contributed by atoms with Gasteiger partial charge in [0.1, 0.15) is 0 Å². The van der Waals surface area contributed by atoms with E-state index in [2.05, 4.69) is 58.9 Å². The molecule has 0 rings (SSSR count). The molecule has 0 amide bonds. The van der Waals surface area contributed by atoms with Crippen LogP contribution in [-0.2, 0) is 17.1 Å². The number of hydrogen-bond acceptors (Lipinski definition) is 4. The highest BCUT2D eigenvalue weighted by atomic mass is 28.5. The fourth-order valence-electron chi connectivity index (χ4n) is 2.34. The van der Waals surface area contributed by atoms with Gasteiger partial charge in [-0.15, -0.1) is 0 Å². The highest BCUT2D eigenvalue weighted by molar-refractivity contribution is 6.89. The van der Waals surface area contributed by atoms with Gasteiger partial charge in [0.15, 0.2) is 16.6 Å². The predicted octanol–water partition coefficient (Wildman–Crippen LogP) is 5.40. The minimum absolute atomic E-state index is 0. The maximum atomic E-state index is 6.50. The van der Waals surface area contributed by atoms with E-state index in [0.29, 0.717) is 6.61 Å². The van der Waals surface area contributed by atoms with Gasteiger partial charge >= 0.3 is 17.1 Å². The molecule has 0 aliphatic rings. The molecule has 0 bridgehead atoms. The van der Waals surface area contributed by atoms with E-state index >= 15 is 0 Å². The summed E-state index contributed by atoms with van der Waals surface area (Å²) in [6.07, 6.45) is 0. The smallest absolute Gasteiger partial charge is 0.318 e. The molecule has 8 heteroatoms. The molecular weight excluding hydrogens is 344 g/mol. The van der Waals surface area contributed by atoms with Crippen molar-refractivity contribution in [3.05, 3.63) is 0 Å². The van der Waals surface area contributed by atoms with Gasteiger partial charge in [0.05, 0.1) is 0 Å². The van der Waals surface area contributed by atoms with E-state index in [4.69, 9.17) is 17.1 Å². The Morgan fingerprint density at radius 3 is 1.36 bits per heavy atom. The van der Waals surface area contributed by atoms with Crippen LogP contribution < -0.4 is 0 Å². The first-order valence-corrected chi connectivity index (χ1v) is 19.4. The van der Waals surface area contributed by atoms with E-state index in [1.165, 1.54) is 0 Å². The molecule has 1 unspecified atom stereocenters. The molecule has 0 aliphatic heterocycles. The van der Waals surface area contributed by atoms with E-state index in [0.717, 1.165) is 6.04 Å². The second-order valence-electron chi connectivity index (χ2n) is 7.81. The molecule has 0 aliphatic carbocycles. The standard InChI is InChI=1S/C12H34O4Si4.2CH4/c1-13-11-12-20(10,15-18(5,6)7)16-19(8,9)14-17(2,3)4;;/h11-12H2,1-10H3;2*1H4. The second kappa shape index (κ2) is 9.87. The van der Waals surface area contributed by atoms with Crippen LogP contribution in [0.4, 0.5) is 0 Å². The van der Waals surface area contributed by atoms with Crippen molar-refractivity contribution in [2.75, 3.05) is 13.7 Å². The van der Waals surface area contributed by atoms with E-state index in [-0.39, 0.29) is 14.9 Å². The zero-order valence-corrected chi connectivity index (χ0v) is 19.0. The lowest BCUT2D eigenvalue weighted by atomic mass is 10.9. The van der Waals surface area contributed by atoms with Crippen molar-refractivity contribution in [3.63, 3.8) is 0 Å². The van der Waals surface area contributed by atoms with Gasteiger partial charge in [-0.25, -0.2) is 0 Å². The summed E-state index contributed by atoms with van der Waals surface area (Å²) in [6.45, 7) is 20.4. The fraction of sp³-hybridized carbons (Fsp3) is 1.00. The van der Waals surface area contributed by atoms with E-state index in [1.807, 2.05) is 0 Å². The summed E-state index contributed by atoms with van der Waals surface area (Å²) in [4.78, 5) is 0. The maximum absolute atomic E-state index is 6.50. The third-order valence-corrected chi connectivity index (χ3v) is 15.7. The van der Waals surface area contributed by atoms with Crippen LogP contribution in [0.15, 0.2) is 0 Å². The molecule has 0 heterocycles. The topological polar surface area (TPSA) is 36.9 Å². The molecule has 0 radical (unpaired) electrons. The molecule has 0 aromatic carbocycles. The predicted molar refractivity (Wildman–Crippen MR) is 109 cm³/mol. The first kappa shape index (κ1) is 27.6. The summed E-state index contributed by atoms with van der Waals surface area (Å²) in [5.41, 5.74) is 0. The molecule has 138 valence electrons. The lowest BCUT2D eigenvalue weighted by Crippen LogP contribution is -2.57. The molecule has 0 fully saturated rings. The molecule has 0 spiro atoms. The zero-order chi connectivity index (χ0) is 16.2. The first-order valence-electron chi connectivity index (χ1n) is 7.28. The average molecular weight is 387 g/mol. The molecule has 0 aromatic rings. The number of methoxy groups -OCH3 is 1. The third-order valence-electron chi connectivity index (χ3n) is 2.30. The largest absolute Gasteiger partial charge is 0.437 e. The van der Waals surface area contributed by atoms with Gasteiger partial charge in [-0.05, 0) is 58.9 Å². The molecule has 0 aromatic heterocycles. The Morgan fingerprint density at radius 2 is 1.05 bits per heavy atom. The Kier molecular flexibility index (Phi) is 12.4. The van der Waals surface area contributed by atoms with Crippen LogP contribution in [0.25, 0.3) is 0 Å². The van der Waals surface area contributed by atoms with Crippen LogP contribution in [0.2, 0.25) is 65.0 Å². The van der Waals surface area contributed by atoms with Gasteiger partial charge in [-0.2, -0.15) is 0 Å². The highest BCUT2D eigenvalue weighted by Crippen LogP contribution is 2.26. The summed E-state index contributed by atoms with van der Waals surface area (Å²) < 4.78 is 24.5. The second-order valence-corrected chi connectivity index (χ2v) is 24.3. The Bertz CT molecular complexity index is 300. The van der Waals surface area contributed by atoms with Gasteiger partial charge in [0.2, 0.25) is 0 Å². The normalized spacial score (nSPS) is 15.5. The Hall–Kier alpha value is 0.708. The van der Waals surface area contributed by atoms with Crippen molar-refractivity contribution >= 4 is 33.8 Å². The summed E-state index contributed by atoms with van der Waals surface area (Å²) in [6, 6.07) is 0.860. The van der Waals surface area contributed by atoms with E-state index < -0.39 is 33.8 Å². The van der Waals surface area contributed by atoms with Gasteiger partial charge < -0.3 is 17.1 Å². The maximum Gasteiger partial charge on any atom is 0.318 e. The van der Waals surface area contributed by atoms with Crippen molar-refractivity contribution in [3.8, 4) is 0 Å². The molecule has 0 saturated heterocycles. The van der Waals surface area contributed by atoms with E-state index in [9.17, 15) is 0 Å². The zero-order valence-electron chi connectivity index (χ0n) is 15.0. The van der Waals surface area contributed by atoms with Gasteiger partial charge in [-0.1, -0.05) is 14.9 Å². The lowest BCUT2D eigenvalue weighted by molar-refractivity contribution is 0.203. The highest BCUT2D eigenvalue weighted by Gasteiger charge is 2.44. The van der Waals surface area contributed by atoms with Crippen molar-refractivity contribution < 1.29 is 17.1 Å². The monoisotopic (exact) mass is 386 g/mol. The summed E-state index contributed by atoms with van der Waals surface area (Å²) in [7, 11) is -5.92. The average Bonchev–Trinajstić information content (AvgIpc) is 2.05. The number of ether oxygens (including phenoxy) is 1. The summed E-state index contributed by atoms with van der Waals surface area (Å²) in [5.74, 6) is 0. The van der Waals surface area contributed by atoms with Crippen LogP contribution in [0.3, 0.4) is 0 Å². The minimum atomic E-state index is -2.25. The molecule has 1 atom stereocenters. The van der Waals surface area contributed by atoms with Gasteiger partial charge in [0.25, 0.3) is 0 Å². The Labute approximate surface area is 144 Å². The van der Waals surface area contributed by atoms with Gasteiger partial charge in [0, 0.05) is 19.8 Å². The molecule has 22 heavy (non-hydrogen) atoms. The van der Waals surface area contributed by atoms with Crippen LogP contribution in [0.1, 0.15) is 14.9 Å². The van der Waals surface area contributed by atoms with Gasteiger partial charge in [-0.3, -0.25) is 0 Å². The third kappa shape index (κ3) is 14.3. The first-order chi connectivity index (χ1) is 8.68. The quantitative estimate of drug-likeness (QED) is 0.497. The molecule has 0 N–H and O–H groups in total. The molecule has 4 nitrogen and oxygen atoms in total.